The number of phenols is 1. The maximum Gasteiger partial charge on any atom is 0.573 e. The largest absolute Gasteiger partial charge is 0.573 e. The maximum absolute atomic E-state index is 12.3. The zero-order valence-electron chi connectivity index (χ0n) is 15.8. The topological polar surface area (TPSA) is 85.2 Å². The number of ether oxygens (including phenoxy) is 3. The molecular formula is C21H13Br2F3O6. The summed E-state index contributed by atoms with van der Waals surface area (Å²) in [7, 11) is 0. The summed E-state index contributed by atoms with van der Waals surface area (Å²) in [6, 6.07) is 12.1. The van der Waals surface area contributed by atoms with Crippen molar-refractivity contribution in [1.82, 2.24) is 0 Å². The molecule has 0 saturated carbocycles. The Bertz CT molecular complexity index is 1110. The van der Waals surface area contributed by atoms with Gasteiger partial charge in [0.05, 0.1) is 15.4 Å². The summed E-state index contributed by atoms with van der Waals surface area (Å²) in [5.74, 6) is -0.799. The second kappa shape index (κ2) is 9.70. The van der Waals surface area contributed by atoms with Crippen LogP contribution in [0.15, 0.2) is 63.5 Å². The van der Waals surface area contributed by atoms with Crippen LogP contribution in [0.1, 0.15) is 5.56 Å². The third-order valence-corrected chi connectivity index (χ3v) is 5.03. The predicted molar refractivity (Wildman–Crippen MR) is 115 cm³/mol. The predicted octanol–water partition coefficient (Wildman–Crippen LogP) is 7.03. The molecule has 0 bridgehead atoms. The van der Waals surface area contributed by atoms with Crippen molar-refractivity contribution in [3.63, 3.8) is 0 Å². The molecule has 3 aromatic carbocycles. The van der Waals surface area contributed by atoms with Gasteiger partial charge in [0, 0.05) is 6.07 Å². The Labute approximate surface area is 196 Å². The van der Waals surface area contributed by atoms with E-state index in [1.807, 2.05) is 0 Å². The van der Waals surface area contributed by atoms with Crippen LogP contribution in [0.5, 0.6) is 34.5 Å². The molecule has 0 fully saturated rings. The molecule has 0 aromatic heterocycles. The molecule has 0 spiro atoms. The average molecular weight is 578 g/mol. The Morgan fingerprint density at radius 3 is 2.00 bits per heavy atom. The molecular weight excluding hydrogens is 565 g/mol. The standard InChI is InChI=1S/C21H13Br2F3O6/c22-15-7-11(9-19(28)29)8-16(23)20(15)31-14-5-6-17(27)18(10-14)30-12-1-3-13(4-2-12)32-21(24,25)26/h1-8,10,27H,9H2,(H,28,29). The average Bonchev–Trinajstić information content (AvgIpc) is 2.67. The van der Waals surface area contributed by atoms with E-state index in [0.717, 1.165) is 12.1 Å². The van der Waals surface area contributed by atoms with Gasteiger partial charge >= 0.3 is 12.3 Å². The number of carboxylic acids is 1. The Morgan fingerprint density at radius 1 is 0.875 bits per heavy atom. The van der Waals surface area contributed by atoms with Crippen LogP contribution in [0.2, 0.25) is 0 Å². The van der Waals surface area contributed by atoms with Crippen molar-refractivity contribution in [3.05, 3.63) is 69.1 Å². The minimum absolute atomic E-state index is 0.00160. The van der Waals surface area contributed by atoms with Gasteiger partial charge < -0.3 is 24.4 Å². The number of aromatic hydroxyl groups is 1. The van der Waals surface area contributed by atoms with E-state index < -0.39 is 18.1 Å². The number of aliphatic carboxylic acids is 1. The first-order valence-electron chi connectivity index (χ1n) is 8.74. The first kappa shape index (κ1) is 23.7. The number of hydrogen-bond acceptors (Lipinski definition) is 5. The van der Waals surface area contributed by atoms with Crippen molar-refractivity contribution in [2.45, 2.75) is 12.8 Å². The van der Waals surface area contributed by atoms with E-state index in [-0.39, 0.29) is 29.4 Å². The van der Waals surface area contributed by atoms with Crippen molar-refractivity contribution >= 4 is 37.8 Å². The molecule has 0 atom stereocenters. The SMILES string of the molecule is O=C(O)Cc1cc(Br)c(Oc2ccc(O)c(Oc3ccc(OC(F)(F)F)cc3)c2)c(Br)c1. The number of hydrogen-bond donors (Lipinski definition) is 2. The van der Waals surface area contributed by atoms with Gasteiger partial charge in [-0.2, -0.15) is 0 Å². The molecule has 0 aliphatic heterocycles. The van der Waals surface area contributed by atoms with Gasteiger partial charge in [0.25, 0.3) is 0 Å². The quantitative estimate of drug-likeness (QED) is 0.314. The fourth-order valence-electron chi connectivity index (χ4n) is 2.58. The number of carboxylic acid groups (broad SMARTS) is 1. The molecule has 0 radical (unpaired) electrons. The van der Waals surface area contributed by atoms with Gasteiger partial charge in [-0.15, -0.1) is 13.2 Å². The Balaban J connectivity index is 1.78. The van der Waals surface area contributed by atoms with Gasteiger partial charge in [0.1, 0.15) is 17.2 Å². The van der Waals surface area contributed by atoms with E-state index in [2.05, 4.69) is 36.6 Å². The number of carbonyl (C=O) groups is 1. The summed E-state index contributed by atoms with van der Waals surface area (Å²) in [6.07, 6.45) is -4.97. The Kier molecular flexibility index (Phi) is 7.19. The van der Waals surface area contributed by atoms with Crippen molar-refractivity contribution in [1.29, 1.82) is 0 Å². The first-order chi connectivity index (χ1) is 15.0. The van der Waals surface area contributed by atoms with Gasteiger partial charge in [-0.1, -0.05) is 0 Å². The first-order valence-corrected chi connectivity index (χ1v) is 10.3. The number of alkyl halides is 3. The van der Waals surface area contributed by atoms with Crippen LogP contribution in [-0.4, -0.2) is 22.5 Å². The molecule has 0 aliphatic carbocycles. The lowest BCUT2D eigenvalue weighted by Crippen LogP contribution is -2.16. The minimum Gasteiger partial charge on any atom is -0.504 e. The molecule has 0 saturated heterocycles. The Hall–Kier alpha value is -2.92. The lowest BCUT2D eigenvalue weighted by Gasteiger charge is -2.14. The molecule has 0 aliphatic rings. The monoisotopic (exact) mass is 576 g/mol. The third kappa shape index (κ3) is 6.54. The molecule has 0 unspecified atom stereocenters. The molecule has 32 heavy (non-hydrogen) atoms. The number of phenolic OH excluding ortho intramolecular Hbond substituents is 1. The van der Waals surface area contributed by atoms with Gasteiger partial charge in [0.15, 0.2) is 17.2 Å². The van der Waals surface area contributed by atoms with Gasteiger partial charge in [-0.05, 0) is 86.0 Å². The highest BCUT2D eigenvalue weighted by atomic mass is 79.9. The van der Waals surface area contributed by atoms with Crippen molar-refractivity contribution in [2.75, 3.05) is 0 Å². The zero-order chi connectivity index (χ0) is 23.5. The second-order valence-corrected chi connectivity index (χ2v) is 8.02. The maximum atomic E-state index is 12.3. The van der Waals surface area contributed by atoms with Crippen LogP contribution >= 0.6 is 31.9 Å². The highest BCUT2D eigenvalue weighted by Gasteiger charge is 2.31. The van der Waals surface area contributed by atoms with E-state index in [1.165, 1.54) is 30.3 Å². The van der Waals surface area contributed by atoms with Gasteiger partial charge in [0.2, 0.25) is 0 Å². The van der Waals surface area contributed by atoms with Crippen LogP contribution in [0, 0.1) is 0 Å². The molecule has 3 rings (SSSR count). The molecule has 6 nitrogen and oxygen atoms in total. The number of halogens is 5. The number of benzene rings is 3. The van der Waals surface area contributed by atoms with E-state index in [0.29, 0.717) is 20.3 Å². The molecule has 0 heterocycles. The van der Waals surface area contributed by atoms with Gasteiger partial charge in [-0.3, -0.25) is 4.79 Å². The summed E-state index contributed by atoms with van der Waals surface area (Å²) in [5.41, 5.74) is 0.552. The van der Waals surface area contributed by atoms with Crippen LogP contribution < -0.4 is 14.2 Å². The normalized spacial score (nSPS) is 11.2. The van der Waals surface area contributed by atoms with E-state index in [1.54, 1.807) is 12.1 Å². The number of rotatable bonds is 7. The van der Waals surface area contributed by atoms with Crippen molar-refractivity contribution in [2.24, 2.45) is 0 Å². The highest BCUT2D eigenvalue weighted by Crippen LogP contribution is 2.41. The van der Waals surface area contributed by atoms with Crippen LogP contribution in [-0.2, 0) is 11.2 Å². The van der Waals surface area contributed by atoms with E-state index >= 15 is 0 Å². The minimum atomic E-state index is -4.80. The van der Waals surface area contributed by atoms with Crippen LogP contribution in [0.25, 0.3) is 0 Å². The van der Waals surface area contributed by atoms with Crippen molar-refractivity contribution < 1.29 is 42.4 Å². The lowest BCUT2D eigenvalue weighted by atomic mass is 10.1. The summed E-state index contributed by atoms with van der Waals surface area (Å²) in [6.45, 7) is 0. The summed E-state index contributed by atoms with van der Waals surface area (Å²) in [5, 5.41) is 19.0. The van der Waals surface area contributed by atoms with Crippen LogP contribution in [0.3, 0.4) is 0 Å². The third-order valence-electron chi connectivity index (χ3n) is 3.85. The smallest absolute Gasteiger partial charge is 0.504 e. The van der Waals surface area contributed by atoms with E-state index in [4.69, 9.17) is 14.6 Å². The molecule has 3 aromatic rings. The van der Waals surface area contributed by atoms with E-state index in [9.17, 15) is 23.1 Å². The fraction of sp³-hybridized carbons (Fsp3) is 0.0952. The highest BCUT2D eigenvalue weighted by molar-refractivity contribution is 9.11. The summed E-state index contributed by atoms with van der Waals surface area (Å²) < 4.78 is 53.0. The molecule has 2 N–H and O–H groups in total. The fourth-order valence-corrected chi connectivity index (χ4v) is 4.02. The molecule has 0 amide bonds. The summed E-state index contributed by atoms with van der Waals surface area (Å²) >= 11 is 6.68. The Morgan fingerprint density at radius 2 is 1.44 bits per heavy atom. The zero-order valence-corrected chi connectivity index (χ0v) is 19.0. The van der Waals surface area contributed by atoms with Gasteiger partial charge in [-0.25, -0.2) is 0 Å². The molecule has 11 heteroatoms. The molecule has 168 valence electrons. The van der Waals surface area contributed by atoms with Crippen molar-refractivity contribution in [3.8, 4) is 34.5 Å². The lowest BCUT2D eigenvalue weighted by molar-refractivity contribution is -0.274. The summed E-state index contributed by atoms with van der Waals surface area (Å²) in [4.78, 5) is 10.9. The van der Waals surface area contributed by atoms with Crippen LogP contribution in [0.4, 0.5) is 13.2 Å². The second-order valence-electron chi connectivity index (χ2n) is 6.31.